The third kappa shape index (κ3) is 6.15. The van der Waals surface area contributed by atoms with Crippen molar-refractivity contribution in [2.45, 2.75) is 83.5 Å². The first-order chi connectivity index (χ1) is 13.0. The van der Waals surface area contributed by atoms with Crippen LogP contribution in [0.15, 0.2) is 41.0 Å². The molecule has 0 fully saturated rings. The number of rotatable bonds is 10. The minimum Gasteiger partial charge on any atom is -0.330 e. The molecule has 0 bridgehead atoms. The Balaban J connectivity index is 2.28. The smallest absolute Gasteiger partial charge is 0.0348 e. The van der Waals surface area contributed by atoms with Crippen LogP contribution in [0.5, 0.6) is 0 Å². The number of aryl methyl sites for hydroxylation is 1. The molecular formula is C24H38N2S. The fourth-order valence-corrected chi connectivity index (χ4v) is 4.79. The van der Waals surface area contributed by atoms with Crippen LogP contribution in [-0.2, 0) is 6.42 Å². The number of hydrogen-bond donors (Lipinski definition) is 2. The van der Waals surface area contributed by atoms with E-state index in [9.17, 15) is 0 Å². The molecule has 0 heterocycles. The lowest BCUT2D eigenvalue weighted by molar-refractivity contribution is 0.628. The van der Waals surface area contributed by atoms with E-state index in [1.165, 1.54) is 65.7 Å². The molecule has 27 heavy (non-hydrogen) atoms. The third-order valence-electron chi connectivity index (χ3n) is 5.78. The number of unbranched alkanes of at least 4 members (excludes halogenated alkanes) is 2. The molecule has 0 aliphatic heterocycles. The molecule has 1 aromatic rings. The van der Waals surface area contributed by atoms with Gasteiger partial charge in [-0.05, 0) is 74.6 Å². The fraction of sp³-hybridized carbons (Fsp3) is 0.583. The Hall–Kier alpha value is -1.19. The summed E-state index contributed by atoms with van der Waals surface area (Å²) >= 11 is 1.74. The van der Waals surface area contributed by atoms with Gasteiger partial charge in [0, 0.05) is 29.0 Å². The van der Waals surface area contributed by atoms with Crippen molar-refractivity contribution in [1.82, 2.24) is 4.72 Å². The van der Waals surface area contributed by atoms with Crippen LogP contribution in [0.4, 0.5) is 0 Å². The van der Waals surface area contributed by atoms with Crippen LogP contribution in [-0.4, -0.2) is 6.54 Å². The van der Waals surface area contributed by atoms with Crippen molar-refractivity contribution in [1.29, 1.82) is 0 Å². The molecule has 0 spiro atoms. The van der Waals surface area contributed by atoms with E-state index < -0.39 is 0 Å². The molecule has 1 aliphatic carbocycles. The molecule has 2 atom stereocenters. The number of hydrogen-bond acceptors (Lipinski definition) is 3. The van der Waals surface area contributed by atoms with Crippen LogP contribution in [0.2, 0.25) is 0 Å². The topological polar surface area (TPSA) is 38.0 Å². The summed E-state index contributed by atoms with van der Waals surface area (Å²) in [5, 5.41) is 0. The second kappa shape index (κ2) is 11.0. The van der Waals surface area contributed by atoms with Crippen molar-refractivity contribution in [2.24, 2.45) is 11.7 Å². The number of allylic oxidation sites excluding steroid dienone is 2. The Kier molecular flexibility index (Phi) is 8.98. The number of nitrogens with one attached hydrogen (secondary N) is 1. The Morgan fingerprint density at radius 2 is 2.11 bits per heavy atom. The van der Waals surface area contributed by atoms with Gasteiger partial charge in [-0.2, -0.15) is 0 Å². The molecule has 0 saturated carbocycles. The highest BCUT2D eigenvalue weighted by molar-refractivity contribution is 7.97. The summed E-state index contributed by atoms with van der Waals surface area (Å²) in [7, 11) is 0. The maximum Gasteiger partial charge on any atom is 0.0348 e. The molecular weight excluding hydrogens is 348 g/mol. The van der Waals surface area contributed by atoms with Gasteiger partial charge in [-0.15, -0.1) is 0 Å². The van der Waals surface area contributed by atoms with Gasteiger partial charge in [0.15, 0.2) is 0 Å². The first-order valence-electron chi connectivity index (χ1n) is 10.6. The minimum atomic E-state index is 0.286. The standard InChI is InChI=1S/C24H38N2S/c1-6-7-8-11-21-13-14-23(22-12-9-10-17(2)15-22)19(4)24(21)27-26-20(5)18(3)16-25/h13-15,18,22,26H,5-12,16,25H2,1-4H3. The average molecular weight is 387 g/mol. The van der Waals surface area contributed by atoms with Crippen LogP contribution in [0.25, 0.3) is 0 Å². The SMILES string of the molecule is C=C(NSc1c(CCCCC)ccc(C2C=C(C)CCC2)c1C)C(C)CN. The largest absolute Gasteiger partial charge is 0.330 e. The van der Waals surface area contributed by atoms with Crippen molar-refractivity contribution in [3.05, 3.63) is 52.7 Å². The highest BCUT2D eigenvalue weighted by Gasteiger charge is 2.19. The zero-order valence-corrected chi connectivity index (χ0v) is 18.6. The summed E-state index contributed by atoms with van der Waals surface area (Å²) in [4.78, 5) is 1.39. The average Bonchev–Trinajstić information content (AvgIpc) is 2.66. The molecule has 1 aliphatic rings. The van der Waals surface area contributed by atoms with Gasteiger partial charge in [-0.3, -0.25) is 0 Å². The summed E-state index contributed by atoms with van der Waals surface area (Å²) in [6, 6.07) is 4.76. The monoisotopic (exact) mass is 386 g/mol. The maximum atomic E-state index is 5.80. The fourth-order valence-electron chi connectivity index (χ4n) is 3.78. The van der Waals surface area contributed by atoms with E-state index in [1.807, 2.05) is 0 Å². The molecule has 2 unspecified atom stereocenters. The molecule has 0 saturated heterocycles. The van der Waals surface area contributed by atoms with Gasteiger partial charge >= 0.3 is 0 Å². The van der Waals surface area contributed by atoms with Gasteiger partial charge in [0.2, 0.25) is 0 Å². The lowest BCUT2D eigenvalue weighted by Gasteiger charge is -2.25. The van der Waals surface area contributed by atoms with E-state index in [1.54, 1.807) is 11.9 Å². The van der Waals surface area contributed by atoms with Crippen molar-refractivity contribution < 1.29 is 0 Å². The molecule has 0 radical (unpaired) electrons. The highest BCUT2D eigenvalue weighted by Crippen LogP contribution is 2.37. The van der Waals surface area contributed by atoms with Gasteiger partial charge in [0.25, 0.3) is 0 Å². The number of benzene rings is 1. The van der Waals surface area contributed by atoms with E-state index in [0.717, 1.165) is 12.1 Å². The van der Waals surface area contributed by atoms with E-state index in [-0.39, 0.29) is 5.92 Å². The Labute approximate surface area is 171 Å². The Morgan fingerprint density at radius 1 is 1.33 bits per heavy atom. The molecule has 3 N–H and O–H groups in total. The summed E-state index contributed by atoms with van der Waals surface area (Å²) in [6.07, 6.45) is 11.3. The quantitative estimate of drug-likeness (QED) is 0.269. The second-order valence-corrected chi connectivity index (χ2v) is 8.92. The molecule has 150 valence electrons. The van der Waals surface area contributed by atoms with Crippen LogP contribution in [0.3, 0.4) is 0 Å². The van der Waals surface area contributed by atoms with Crippen LogP contribution in [0, 0.1) is 12.8 Å². The second-order valence-electron chi connectivity index (χ2n) is 8.10. The lowest BCUT2D eigenvalue weighted by Crippen LogP contribution is -2.19. The van der Waals surface area contributed by atoms with Crippen LogP contribution >= 0.6 is 11.9 Å². The summed E-state index contributed by atoms with van der Waals surface area (Å²) in [5.74, 6) is 0.849. The minimum absolute atomic E-state index is 0.286. The van der Waals surface area contributed by atoms with Gasteiger partial charge in [-0.1, -0.05) is 57.0 Å². The first-order valence-corrected chi connectivity index (χ1v) is 11.4. The molecule has 2 rings (SSSR count). The lowest BCUT2D eigenvalue weighted by atomic mass is 9.83. The van der Waals surface area contributed by atoms with Gasteiger partial charge in [0.1, 0.15) is 0 Å². The molecule has 1 aromatic carbocycles. The van der Waals surface area contributed by atoms with Crippen molar-refractivity contribution >= 4 is 11.9 Å². The molecule has 2 nitrogen and oxygen atoms in total. The van der Waals surface area contributed by atoms with Crippen LogP contribution in [0.1, 0.15) is 81.9 Å². The van der Waals surface area contributed by atoms with Gasteiger partial charge in [-0.25, -0.2) is 0 Å². The molecule has 0 aromatic heterocycles. The van der Waals surface area contributed by atoms with Gasteiger partial charge < -0.3 is 10.5 Å². The van der Waals surface area contributed by atoms with E-state index in [4.69, 9.17) is 5.73 Å². The van der Waals surface area contributed by atoms with Crippen molar-refractivity contribution in [2.75, 3.05) is 6.54 Å². The van der Waals surface area contributed by atoms with Crippen LogP contribution < -0.4 is 10.5 Å². The zero-order valence-electron chi connectivity index (χ0n) is 17.7. The number of nitrogens with two attached hydrogens (primary N) is 1. The predicted molar refractivity (Wildman–Crippen MR) is 121 cm³/mol. The molecule has 3 heteroatoms. The predicted octanol–water partition coefficient (Wildman–Crippen LogP) is 6.65. The Bertz CT molecular complexity index is 663. The van der Waals surface area contributed by atoms with Crippen molar-refractivity contribution in [3.63, 3.8) is 0 Å². The Morgan fingerprint density at radius 3 is 2.78 bits per heavy atom. The first kappa shape index (κ1) is 22.1. The maximum absolute atomic E-state index is 5.80. The van der Waals surface area contributed by atoms with Crippen molar-refractivity contribution in [3.8, 4) is 0 Å². The third-order valence-corrected chi connectivity index (χ3v) is 6.92. The van der Waals surface area contributed by atoms with E-state index in [0.29, 0.717) is 12.5 Å². The van der Waals surface area contributed by atoms with E-state index in [2.05, 4.69) is 57.2 Å². The highest BCUT2D eigenvalue weighted by atomic mass is 32.2. The van der Waals surface area contributed by atoms with Gasteiger partial charge in [0.05, 0.1) is 0 Å². The normalized spacial score (nSPS) is 18.1. The summed E-state index contributed by atoms with van der Waals surface area (Å²) in [5.41, 5.74) is 12.7. The molecule has 0 amide bonds. The summed E-state index contributed by atoms with van der Waals surface area (Å²) in [6.45, 7) is 13.8. The zero-order chi connectivity index (χ0) is 19.8. The summed E-state index contributed by atoms with van der Waals surface area (Å²) < 4.78 is 3.49. The van der Waals surface area contributed by atoms with E-state index >= 15 is 0 Å².